The normalized spacial score (nSPS) is 12.8. The summed E-state index contributed by atoms with van der Waals surface area (Å²) in [5, 5.41) is 0. The van der Waals surface area contributed by atoms with Gasteiger partial charge in [0.15, 0.2) is 0 Å². The van der Waals surface area contributed by atoms with Gasteiger partial charge in [0.2, 0.25) is 15.9 Å². The molecular formula is C16H17FN2O3S. The van der Waals surface area contributed by atoms with Crippen molar-refractivity contribution in [1.82, 2.24) is 4.72 Å². The van der Waals surface area contributed by atoms with Crippen molar-refractivity contribution in [3.8, 4) is 0 Å². The summed E-state index contributed by atoms with van der Waals surface area (Å²) < 4.78 is 40.3. The highest BCUT2D eigenvalue weighted by Gasteiger charge is 2.24. The molecule has 0 saturated carbocycles. The van der Waals surface area contributed by atoms with Gasteiger partial charge in [-0.05, 0) is 42.7 Å². The third kappa shape index (κ3) is 4.37. The van der Waals surface area contributed by atoms with Gasteiger partial charge in [0, 0.05) is 0 Å². The lowest BCUT2D eigenvalue weighted by Crippen LogP contribution is -2.45. The first kappa shape index (κ1) is 17.1. The summed E-state index contributed by atoms with van der Waals surface area (Å²) in [6.45, 7) is 1.46. The van der Waals surface area contributed by atoms with Gasteiger partial charge in [0.25, 0.3) is 0 Å². The van der Waals surface area contributed by atoms with Crippen LogP contribution in [0.25, 0.3) is 0 Å². The summed E-state index contributed by atoms with van der Waals surface area (Å²) in [4.78, 5) is 11.5. The average molecular weight is 336 g/mol. The Kier molecular flexibility index (Phi) is 5.12. The maximum absolute atomic E-state index is 13.3. The van der Waals surface area contributed by atoms with Gasteiger partial charge in [-0.25, -0.2) is 12.8 Å². The number of primary amides is 1. The number of nitrogens with two attached hydrogens (primary N) is 1. The fraction of sp³-hybridized carbons (Fsp3) is 0.188. The summed E-state index contributed by atoms with van der Waals surface area (Å²) in [7, 11) is -3.98. The maximum atomic E-state index is 13.3. The maximum Gasteiger partial charge on any atom is 0.241 e. The van der Waals surface area contributed by atoms with Crippen LogP contribution < -0.4 is 10.5 Å². The lowest BCUT2D eigenvalue weighted by atomic mass is 10.1. The minimum atomic E-state index is -3.98. The van der Waals surface area contributed by atoms with Crippen LogP contribution in [-0.2, 0) is 21.2 Å². The van der Waals surface area contributed by atoms with E-state index in [1.165, 1.54) is 13.0 Å². The Morgan fingerprint density at radius 3 is 2.43 bits per heavy atom. The Bertz CT molecular complexity index is 807. The van der Waals surface area contributed by atoms with Crippen LogP contribution in [0.3, 0.4) is 0 Å². The van der Waals surface area contributed by atoms with E-state index < -0.39 is 27.8 Å². The predicted molar refractivity (Wildman–Crippen MR) is 84.6 cm³/mol. The second-order valence-electron chi connectivity index (χ2n) is 5.18. The second-order valence-corrected chi connectivity index (χ2v) is 6.89. The SMILES string of the molecule is Cc1cc(S(=O)(=O)NC(Cc2ccccc2)C(N)=O)ccc1F. The van der Waals surface area contributed by atoms with Crippen molar-refractivity contribution in [2.75, 3.05) is 0 Å². The Hall–Kier alpha value is -2.25. The first-order valence-electron chi connectivity index (χ1n) is 6.91. The van der Waals surface area contributed by atoms with Crippen LogP contribution in [0.2, 0.25) is 0 Å². The van der Waals surface area contributed by atoms with Gasteiger partial charge >= 0.3 is 0 Å². The first-order valence-corrected chi connectivity index (χ1v) is 8.39. The number of nitrogens with one attached hydrogen (secondary N) is 1. The number of rotatable bonds is 6. The Labute approximate surface area is 134 Å². The number of sulfonamides is 1. The van der Waals surface area contributed by atoms with E-state index in [-0.39, 0.29) is 16.9 Å². The summed E-state index contributed by atoms with van der Waals surface area (Å²) in [6, 6.07) is 11.3. The van der Waals surface area contributed by atoms with E-state index in [2.05, 4.69) is 4.72 Å². The van der Waals surface area contributed by atoms with Gasteiger partial charge < -0.3 is 5.73 Å². The molecule has 5 nitrogen and oxygen atoms in total. The standard InChI is InChI=1S/C16H17FN2O3S/c1-11-9-13(7-8-14(11)17)23(21,22)19-15(16(18)20)10-12-5-3-2-4-6-12/h2-9,15,19H,10H2,1H3,(H2,18,20). The summed E-state index contributed by atoms with van der Waals surface area (Å²) in [5.41, 5.74) is 6.27. The molecule has 0 aliphatic carbocycles. The number of aryl methyl sites for hydroxylation is 1. The highest BCUT2D eigenvalue weighted by atomic mass is 32.2. The van der Waals surface area contributed by atoms with Crippen LogP contribution in [0.4, 0.5) is 4.39 Å². The molecule has 2 rings (SSSR count). The van der Waals surface area contributed by atoms with Crippen molar-refractivity contribution in [3.63, 3.8) is 0 Å². The van der Waals surface area contributed by atoms with Crippen LogP contribution >= 0.6 is 0 Å². The van der Waals surface area contributed by atoms with Crippen LogP contribution in [-0.4, -0.2) is 20.4 Å². The molecule has 0 fully saturated rings. The lowest BCUT2D eigenvalue weighted by Gasteiger charge is -2.16. The molecule has 0 aromatic heterocycles. The predicted octanol–water partition coefficient (Wildman–Crippen LogP) is 1.51. The van der Waals surface area contributed by atoms with Crippen molar-refractivity contribution in [2.24, 2.45) is 5.73 Å². The fourth-order valence-electron chi connectivity index (χ4n) is 2.09. The largest absolute Gasteiger partial charge is 0.368 e. The molecule has 0 radical (unpaired) electrons. The van der Waals surface area contributed by atoms with Crippen molar-refractivity contribution >= 4 is 15.9 Å². The zero-order valence-corrected chi connectivity index (χ0v) is 13.3. The number of carbonyl (C=O) groups excluding carboxylic acids is 1. The van der Waals surface area contributed by atoms with Gasteiger partial charge in [-0.15, -0.1) is 0 Å². The molecule has 1 unspecified atom stereocenters. The molecular weight excluding hydrogens is 319 g/mol. The number of amides is 1. The molecule has 0 spiro atoms. The monoisotopic (exact) mass is 336 g/mol. The van der Waals surface area contributed by atoms with Gasteiger partial charge in [0.1, 0.15) is 11.9 Å². The van der Waals surface area contributed by atoms with E-state index in [0.717, 1.165) is 17.7 Å². The summed E-state index contributed by atoms with van der Waals surface area (Å²) in [5.74, 6) is -1.28. The van der Waals surface area contributed by atoms with Crippen LogP contribution in [0.1, 0.15) is 11.1 Å². The third-order valence-corrected chi connectivity index (χ3v) is 4.83. The smallest absolute Gasteiger partial charge is 0.241 e. The zero-order valence-electron chi connectivity index (χ0n) is 12.5. The van der Waals surface area contributed by atoms with Gasteiger partial charge in [-0.2, -0.15) is 4.72 Å². The highest BCUT2D eigenvalue weighted by Crippen LogP contribution is 2.15. The van der Waals surface area contributed by atoms with Crippen molar-refractivity contribution in [1.29, 1.82) is 0 Å². The summed E-state index contributed by atoms with van der Waals surface area (Å²) >= 11 is 0. The minimum Gasteiger partial charge on any atom is -0.368 e. The molecule has 7 heteroatoms. The quantitative estimate of drug-likeness (QED) is 0.838. The molecule has 2 aromatic rings. The molecule has 0 heterocycles. The zero-order chi connectivity index (χ0) is 17.0. The first-order chi connectivity index (χ1) is 10.8. The lowest BCUT2D eigenvalue weighted by molar-refractivity contribution is -0.119. The van der Waals surface area contributed by atoms with Crippen molar-refractivity contribution in [3.05, 3.63) is 65.5 Å². The Morgan fingerprint density at radius 1 is 1.22 bits per heavy atom. The van der Waals surface area contributed by atoms with Crippen LogP contribution in [0.15, 0.2) is 53.4 Å². The van der Waals surface area contributed by atoms with E-state index >= 15 is 0 Å². The minimum absolute atomic E-state index is 0.115. The van der Waals surface area contributed by atoms with Crippen molar-refractivity contribution in [2.45, 2.75) is 24.3 Å². The molecule has 122 valence electrons. The molecule has 0 bridgehead atoms. The number of hydrogen-bond acceptors (Lipinski definition) is 3. The van der Waals surface area contributed by atoms with E-state index in [4.69, 9.17) is 5.73 Å². The molecule has 1 amide bonds. The number of halogens is 1. The molecule has 23 heavy (non-hydrogen) atoms. The Morgan fingerprint density at radius 2 is 1.87 bits per heavy atom. The Balaban J connectivity index is 2.24. The van der Waals surface area contributed by atoms with Crippen LogP contribution in [0, 0.1) is 12.7 Å². The molecule has 1 atom stereocenters. The molecule has 0 saturated heterocycles. The number of benzene rings is 2. The van der Waals surface area contributed by atoms with E-state index in [0.29, 0.717) is 0 Å². The van der Waals surface area contributed by atoms with E-state index in [9.17, 15) is 17.6 Å². The van der Waals surface area contributed by atoms with Crippen molar-refractivity contribution < 1.29 is 17.6 Å². The van der Waals surface area contributed by atoms with E-state index in [1.54, 1.807) is 24.3 Å². The molecule has 0 aliphatic rings. The van der Waals surface area contributed by atoms with Gasteiger partial charge in [-0.1, -0.05) is 30.3 Å². The third-order valence-electron chi connectivity index (χ3n) is 3.36. The van der Waals surface area contributed by atoms with Crippen LogP contribution in [0.5, 0.6) is 0 Å². The fourth-order valence-corrected chi connectivity index (χ4v) is 3.38. The molecule has 3 N–H and O–H groups in total. The average Bonchev–Trinajstić information content (AvgIpc) is 2.50. The van der Waals surface area contributed by atoms with Gasteiger partial charge in [-0.3, -0.25) is 4.79 Å². The summed E-state index contributed by atoms with van der Waals surface area (Å²) in [6.07, 6.45) is 0.135. The molecule has 2 aromatic carbocycles. The number of hydrogen-bond donors (Lipinski definition) is 2. The topological polar surface area (TPSA) is 89.3 Å². The van der Waals surface area contributed by atoms with E-state index in [1.807, 2.05) is 6.07 Å². The second kappa shape index (κ2) is 6.89. The highest BCUT2D eigenvalue weighted by molar-refractivity contribution is 7.89. The van der Waals surface area contributed by atoms with Gasteiger partial charge in [0.05, 0.1) is 4.90 Å². The molecule has 0 aliphatic heterocycles. The number of carbonyl (C=O) groups is 1.